The molecule has 0 rings (SSSR count). The van der Waals surface area contributed by atoms with E-state index in [1.807, 2.05) is 0 Å². The minimum Gasteiger partial charge on any atom is -0.481 e. The van der Waals surface area contributed by atoms with Crippen LogP contribution in [0.1, 0.15) is 38.5 Å². The van der Waals surface area contributed by atoms with Crippen LogP contribution in [0.2, 0.25) is 0 Å². The number of carbonyl (C=O) groups excluding carboxylic acids is 6. The lowest BCUT2D eigenvalue weighted by Gasteiger charge is -2.23. The van der Waals surface area contributed by atoms with Crippen molar-refractivity contribution in [3.8, 4) is 0 Å². The largest absolute Gasteiger partial charge is 0.481 e. The number of carboxylic acids is 2. The fourth-order valence-electron chi connectivity index (χ4n) is 3.73. The number of hydrogen-bond donors (Lipinski definition) is 13. The number of unbranched alkanes of at least 4 members (excludes halogenated alkanes) is 1. The minimum absolute atomic E-state index is 0.0441. The summed E-state index contributed by atoms with van der Waals surface area (Å²) in [4.78, 5) is 101. The van der Waals surface area contributed by atoms with Gasteiger partial charge in [-0.3, -0.25) is 43.3 Å². The first-order valence-corrected chi connectivity index (χ1v) is 14.4. The van der Waals surface area contributed by atoms with Gasteiger partial charge in [0, 0.05) is 6.54 Å². The Morgan fingerprint density at radius 2 is 1.15 bits per heavy atom. The lowest BCUT2D eigenvalue weighted by Crippen LogP contribution is -2.57. The van der Waals surface area contributed by atoms with Crippen LogP contribution in [0.15, 0.2) is 4.99 Å². The van der Waals surface area contributed by atoms with Gasteiger partial charge < -0.3 is 70.2 Å². The molecule has 0 bridgehead atoms. The summed E-state index contributed by atoms with van der Waals surface area (Å²) in [6.45, 7) is -2.54. The Balaban J connectivity index is 5.44. The number of carbonyl (C=O) groups is 8. The van der Waals surface area contributed by atoms with E-state index >= 15 is 0 Å². The fraction of sp³-hybridized carbons (Fsp3) is 0.640. The molecular formula is C25H45N11O11. The molecule has 0 unspecified atom stereocenters. The number of aliphatic hydroxyl groups is 1. The molecule has 22 nitrogen and oxygen atoms in total. The van der Waals surface area contributed by atoms with Crippen molar-refractivity contribution < 1.29 is 53.7 Å². The lowest BCUT2D eigenvalue weighted by atomic mass is 10.1. The number of amides is 6. The first kappa shape index (κ1) is 41.9. The average Bonchev–Trinajstić information content (AvgIpc) is 3.01. The second-order valence-corrected chi connectivity index (χ2v) is 9.91. The molecule has 6 amide bonds. The third kappa shape index (κ3) is 19.1. The zero-order valence-corrected chi connectivity index (χ0v) is 25.7. The van der Waals surface area contributed by atoms with E-state index in [9.17, 15) is 48.6 Å². The van der Waals surface area contributed by atoms with Gasteiger partial charge in [-0.2, -0.15) is 0 Å². The Morgan fingerprint density at radius 3 is 1.70 bits per heavy atom. The van der Waals surface area contributed by atoms with Gasteiger partial charge >= 0.3 is 11.9 Å². The van der Waals surface area contributed by atoms with Gasteiger partial charge in [-0.15, -0.1) is 0 Å². The molecule has 0 heterocycles. The van der Waals surface area contributed by atoms with E-state index in [4.69, 9.17) is 28.0 Å². The predicted octanol–water partition coefficient (Wildman–Crippen LogP) is -7.15. The summed E-state index contributed by atoms with van der Waals surface area (Å²) in [6.07, 6.45) is 0.241. The third-order valence-electron chi connectivity index (χ3n) is 6.05. The van der Waals surface area contributed by atoms with Crippen LogP contribution in [0, 0.1) is 0 Å². The summed E-state index contributed by atoms with van der Waals surface area (Å²) in [5, 5.41) is 41.0. The highest BCUT2D eigenvalue weighted by Crippen LogP contribution is 2.03. The van der Waals surface area contributed by atoms with Crippen molar-refractivity contribution in [2.45, 2.75) is 62.7 Å². The Kier molecular flexibility index (Phi) is 20.8. The van der Waals surface area contributed by atoms with E-state index in [2.05, 4.69) is 36.9 Å². The monoisotopic (exact) mass is 675 g/mol. The molecule has 0 aromatic carbocycles. The van der Waals surface area contributed by atoms with Crippen LogP contribution in [0.25, 0.3) is 0 Å². The van der Waals surface area contributed by atoms with Gasteiger partial charge in [0.25, 0.3) is 0 Å². The first-order chi connectivity index (χ1) is 22.1. The summed E-state index contributed by atoms with van der Waals surface area (Å²) >= 11 is 0. The first-order valence-electron chi connectivity index (χ1n) is 14.4. The third-order valence-corrected chi connectivity index (χ3v) is 6.05. The van der Waals surface area contributed by atoms with Crippen molar-refractivity contribution in [3.05, 3.63) is 0 Å². The van der Waals surface area contributed by atoms with E-state index in [0.29, 0.717) is 19.4 Å². The number of aliphatic imine (C=N–C) groups is 1. The summed E-state index contributed by atoms with van der Waals surface area (Å²) < 4.78 is 0. The van der Waals surface area contributed by atoms with Crippen molar-refractivity contribution in [3.63, 3.8) is 0 Å². The normalized spacial score (nSPS) is 13.0. The molecule has 0 aliphatic heterocycles. The molecule has 0 radical (unpaired) electrons. The molecule has 0 aliphatic rings. The van der Waals surface area contributed by atoms with Gasteiger partial charge in [0.05, 0.1) is 26.1 Å². The number of carboxylic acid groups (broad SMARTS) is 2. The molecule has 0 fully saturated rings. The van der Waals surface area contributed by atoms with Crippen molar-refractivity contribution >= 4 is 53.3 Å². The molecular weight excluding hydrogens is 630 g/mol. The average molecular weight is 676 g/mol. The maximum absolute atomic E-state index is 12.9. The summed E-state index contributed by atoms with van der Waals surface area (Å²) in [5.41, 5.74) is 21.2. The Labute approximate surface area is 269 Å². The molecule has 4 atom stereocenters. The molecule has 0 spiro atoms. The van der Waals surface area contributed by atoms with E-state index in [-0.39, 0.29) is 31.8 Å². The van der Waals surface area contributed by atoms with E-state index in [1.54, 1.807) is 0 Å². The molecule has 0 saturated heterocycles. The number of aliphatic hydroxyl groups excluding tert-OH is 1. The Hall–Kier alpha value is -5.09. The topological polar surface area (TPSA) is 386 Å². The summed E-state index contributed by atoms with van der Waals surface area (Å²) in [5.74, 6) is -8.70. The smallest absolute Gasteiger partial charge is 0.322 e. The molecule has 0 aromatic heterocycles. The van der Waals surface area contributed by atoms with Crippen molar-refractivity contribution in [1.82, 2.24) is 31.9 Å². The summed E-state index contributed by atoms with van der Waals surface area (Å²) in [6, 6.07) is -5.78. The van der Waals surface area contributed by atoms with Gasteiger partial charge in [0.1, 0.15) is 30.7 Å². The number of aliphatic carboxylic acids is 2. The van der Waals surface area contributed by atoms with Crippen LogP contribution in [-0.2, 0) is 38.4 Å². The van der Waals surface area contributed by atoms with Gasteiger partial charge in [-0.25, -0.2) is 0 Å². The molecule has 0 aromatic rings. The zero-order valence-electron chi connectivity index (χ0n) is 25.7. The Morgan fingerprint density at radius 1 is 0.617 bits per heavy atom. The van der Waals surface area contributed by atoms with Gasteiger partial charge in [0.2, 0.25) is 35.4 Å². The van der Waals surface area contributed by atoms with Crippen LogP contribution in [0.3, 0.4) is 0 Å². The number of nitrogens with zero attached hydrogens (tertiary/aromatic N) is 1. The highest BCUT2D eigenvalue weighted by molar-refractivity contribution is 5.96. The second-order valence-electron chi connectivity index (χ2n) is 9.91. The molecule has 22 heteroatoms. The quantitative estimate of drug-likeness (QED) is 0.0257. The van der Waals surface area contributed by atoms with E-state index < -0.39 is 104 Å². The number of hydrogen-bond acceptors (Lipinski definition) is 12. The number of rotatable bonds is 24. The van der Waals surface area contributed by atoms with Crippen LogP contribution in [0.4, 0.5) is 0 Å². The van der Waals surface area contributed by atoms with Gasteiger partial charge in [0.15, 0.2) is 5.96 Å². The van der Waals surface area contributed by atoms with Crippen molar-refractivity contribution in [1.29, 1.82) is 0 Å². The molecule has 266 valence electrons. The number of nitrogens with two attached hydrogens (primary N) is 4. The second kappa shape index (κ2) is 23.3. The van der Waals surface area contributed by atoms with Crippen LogP contribution in [0.5, 0.6) is 0 Å². The molecule has 47 heavy (non-hydrogen) atoms. The van der Waals surface area contributed by atoms with Crippen LogP contribution < -0.4 is 54.8 Å². The Bertz CT molecular complexity index is 1130. The van der Waals surface area contributed by atoms with E-state index in [0.717, 1.165) is 0 Å². The van der Waals surface area contributed by atoms with Crippen molar-refractivity contribution in [2.24, 2.45) is 27.9 Å². The maximum Gasteiger partial charge on any atom is 0.322 e. The molecule has 17 N–H and O–H groups in total. The maximum atomic E-state index is 12.9. The minimum atomic E-state index is -1.75. The highest BCUT2D eigenvalue weighted by atomic mass is 16.4. The van der Waals surface area contributed by atoms with Gasteiger partial charge in [-0.05, 0) is 38.6 Å². The number of nitrogens with one attached hydrogen (secondary N) is 6. The van der Waals surface area contributed by atoms with Gasteiger partial charge in [-0.1, -0.05) is 0 Å². The number of guanidine groups is 1. The standard InChI is InChI=1S/C25H45N11O11/c26-6-2-1-4-14(33-17(38)9-27)23(46)36-16(12-37)22(45)31-10-18(39)34-15(8-19(40)41)24(47)35-13(5-3-7-30-25(28)29)21(44)32-11-20(42)43/h13-16,37H,1-12,26-27H2,(H,31,45)(H,32,44)(H,33,38)(H,34,39)(H,35,47)(H,36,46)(H,40,41)(H,42,43)(H4,28,29,30)/t13-,14-,15-,16-/m0/s1. The zero-order chi connectivity index (χ0) is 35.9. The molecule has 0 saturated carbocycles. The SMILES string of the molecule is NCCCC[C@H](NC(=O)CN)C(=O)N[C@@H](CO)C(=O)NCC(=O)N[C@@H](CC(=O)O)C(=O)N[C@@H](CCCN=C(N)N)C(=O)NCC(=O)O. The highest BCUT2D eigenvalue weighted by Gasteiger charge is 2.30. The van der Waals surface area contributed by atoms with Crippen LogP contribution in [-0.4, -0.2) is 132 Å². The van der Waals surface area contributed by atoms with E-state index in [1.165, 1.54) is 0 Å². The molecule has 0 aliphatic carbocycles. The lowest BCUT2D eigenvalue weighted by molar-refractivity contribution is -0.141. The van der Waals surface area contributed by atoms with Crippen LogP contribution >= 0.6 is 0 Å². The fourth-order valence-corrected chi connectivity index (χ4v) is 3.73. The van der Waals surface area contributed by atoms with Crippen molar-refractivity contribution in [2.75, 3.05) is 39.3 Å². The summed E-state index contributed by atoms with van der Waals surface area (Å²) in [7, 11) is 0. The predicted molar refractivity (Wildman–Crippen MR) is 163 cm³/mol.